The number of hydrogen-bond acceptors (Lipinski definition) is 4. The number of alkyl halides is 2. The van der Waals surface area contributed by atoms with Crippen LogP contribution < -0.4 is 24.8 Å². The first kappa shape index (κ1) is 22.3. The van der Waals surface area contributed by atoms with Crippen molar-refractivity contribution in [3.8, 4) is 17.2 Å². The molecule has 0 atom stereocenters. The minimum atomic E-state index is -2.92. The van der Waals surface area contributed by atoms with Crippen molar-refractivity contribution in [2.75, 3.05) is 27.3 Å². The van der Waals surface area contributed by atoms with E-state index < -0.39 is 6.61 Å². The topological polar surface area (TPSA) is 64.1 Å². The van der Waals surface area contributed by atoms with Crippen LogP contribution in [-0.4, -0.2) is 39.9 Å². The zero-order valence-corrected chi connectivity index (χ0v) is 16.9. The summed E-state index contributed by atoms with van der Waals surface area (Å²) in [5.74, 6) is 1.72. The number of aliphatic imine (C=N–C) groups is 1. The quantitative estimate of drug-likeness (QED) is 0.465. The number of benzene rings is 2. The molecule has 0 fully saturated rings. The van der Waals surface area contributed by atoms with Crippen molar-refractivity contribution < 1.29 is 23.0 Å². The third kappa shape index (κ3) is 7.48. The Labute approximate surface area is 169 Å². The number of hydrogen-bond donors (Lipinski definition) is 2. The molecule has 158 valence electrons. The molecule has 0 heterocycles. The van der Waals surface area contributed by atoms with E-state index in [-0.39, 0.29) is 11.5 Å². The molecular formula is C21H27F2N3O3. The Hall–Kier alpha value is -3.03. The third-order valence-corrected chi connectivity index (χ3v) is 4.07. The number of methoxy groups -OCH3 is 2. The Morgan fingerprint density at radius 1 is 0.966 bits per heavy atom. The van der Waals surface area contributed by atoms with Gasteiger partial charge in [0, 0.05) is 13.1 Å². The van der Waals surface area contributed by atoms with Crippen LogP contribution >= 0.6 is 0 Å². The summed E-state index contributed by atoms with van der Waals surface area (Å²) in [6.45, 7) is 0.765. The van der Waals surface area contributed by atoms with E-state index in [1.165, 1.54) is 18.7 Å². The first-order valence-electron chi connectivity index (χ1n) is 9.32. The lowest BCUT2D eigenvalue weighted by molar-refractivity contribution is -0.0512. The van der Waals surface area contributed by atoms with Crippen LogP contribution in [0.15, 0.2) is 47.5 Å². The zero-order valence-electron chi connectivity index (χ0n) is 16.9. The van der Waals surface area contributed by atoms with Crippen LogP contribution in [0.2, 0.25) is 0 Å². The average molecular weight is 407 g/mol. The van der Waals surface area contributed by atoms with E-state index in [9.17, 15) is 8.78 Å². The molecule has 2 aromatic carbocycles. The second-order valence-corrected chi connectivity index (χ2v) is 6.08. The fourth-order valence-electron chi connectivity index (χ4n) is 2.64. The highest BCUT2D eigenvalue weighted by Crippen LogP contribution is 2.29. The Kier molecular flexibility index (Phi) is 9.01. The lowest BCUT2D eigenvalue weighted by atomic mass is 10.1. The summed E-state index contributed by atoms with van der Waals surface area (Å²) in [4.78, 5) is 4.51. The molecule has 2 N–H and O–H groups in total. The maximum Gasteiger partial charge on any atom is 0.387 e. The summed E-state index contributed by atoms with van der Waals surface area (Å²) in [6.07, 6.45) is 0.823. The van der Waals surface area contributed by atoms with E-state index in [2.05, 4.69) is 20.4 Å². The standard InChI is InChI=1S/C21H27F2N3O3/c1-4-24-21(25-12-11-15-5-8-17(27-2)9-6-15)26-14-16-7-10-18(28-3)19(13-16)29-20(22)23/h5-10,13,20H,4,11-12,14H2,1-3H3,(H2,24,25,26). The second kappa shape index (κ2) is 11.7. The van der Waals surface area contributed by atoms with Crippen LogP contribution in [0.4, 0.5) is 8.78 Å². The molecule has 0 saturated heterocycles. The molecule has 0 radical (unpaired) electrons. The van der Waals surface area contributed by atoms with Crippen LogP contribution in [0.1, 0.15) is 18.1 Å². The highest BCUT2D eigenvalue weighted by Gasteiger charge is 2.11. The Balaban J connectivity index is 1.96. The van der Waals surface area contributed by atoms with Crippen molar-refractivity contribution in [2.24, 2.45) is 4.99 Å². The summed E-state index contributed by atoms with van der Waals surface area (Å²) in [5.41, 5.74) is 1.91. The molecule has 0 amide bonds. The minimum absolute atomic E-state index is 0.00679. The number of rotatable bonds is 10. The average Bonchev–Trinajstić information content (AvgIpc) is 2.72. The van der Waals surface area contributed by atoms with Gasteiger partial charge in [0.05, 0.1) is 20.8 Å². The van der Waals surface area contributed by atoms with Crippen molar-refractivity contribution in [3.63, 3.8) is 0 Å². The van der Waals surface area contributed by atoms with Gasteiger partial charge < -0.3 is 24.8 Å². The van der Waals surface area contributed by atoms with Crippen LogP contribution in [0.3, 0.4) is 0 Å². The largest absolute Gasteiger partial charge is 0.497 e. The SMILES string of the molecule is CCNC(=NCc1ccc(OC)c(OC(F)F)c1)NCCc1ccc(OC)cc1. The highest BCUT2D eigenvalue weighted by atomic mass is 19.3. The molecule has 0 aliphatic carbocycles. The lowest BCUT2D eigenvalue weighted by Gasteiger charge is -2.13. The van der Waals surface area contributed by atoms with Crippen LogP contribution in [0.5, 0.6) is 17.2 Å². The summed E-state index contributed by atoms with van der Waals surface area (Å²) >= 11 is 0. The molecule has 0 aliphatic heterocycles. The smallest absolute Gasteiger partial charge is 0.387 e. The normalized spacial score (nSPS) is 11.3. The summed E-state index contributed by atoms with van der Waals surface area (Å²) < 4.78 is 39.9. The molecule has 0 bridgehead atoms. The van der Waals surface area contributed by atoms with Crippen LogP contribution in [0.25, 0.3) is 0 Å². The van der Waals surface area contributed by atoms with Gasteiger partial charge in [-0.05, 0) is 48.7 Å². The van der Waals surface area contributed by atoms with Gasteiger partial charge in [-0.1, -0.05) is 18.2 Å². The van der Waals surface area contributed by atoms with E-state index in [1.54, 1.807) is 19.2 Å². The number of ether oxygens (including phenoxy) is 3. The molecule has 0 aromatic heterocycles. The fraction of sp³-hybridized carbons (Fsp3) is 0.381. The fourth-order valence-corrected chi connectivity index (χ4v) is 2.64. The van der Waals surface area contributed by atoms with Gasteiger partial charge in [-0.25, -0.2) is 4.99 Å². The van der Waals surface area contributed by atoms with Gasteiger partial charge >= 0.3 is 6.61 Å². The lowest BCUT2D eigenvalue weighted by Crippen LogP contribution is -2.38. The number of halogens is 2. The summed E-state index contributed by atoms with van der Waals surface area (Å²) in [6, 6.07) is 12.8. The minimum Gasteiger partial charge on any atom is -0.497 e. The molecule has 29 heavy (non-hydrogen) atoms. The third-order valence-electron chi connectivity index (χ3n) is 4.07. The van der Waals surface area contributed by atoms with Crippen molar-refractivity contribution in [1.29, 1.82) is 0 Å². The molecular weight excluding hydrogens is 380 g/mol. The van der Waals surface area contributed by atoms with Gasteiger partial charge in [0.15, 0.2) is 17.5 Å². The van der Waals surface area contributed by atoms with Gasteiger partial charge in [-0.2, -0.15) is 8.78 Å². The van der Waals surface area contributed by atoms with Gasteiger partial charge in [0.1, 0.15) is 5.75 Å². The summed E-state index contributed by atoms with van der Waals surface area (Å²) in [7, 11) is 3.04. The first-order valence-corrected chi connectivity index (χ1v) is 9.32. The first-order chi connectivity index (χ1) is 14.0. The maximum atomic E-state index is 12.6. The van der Waals surface area contributed by atoms with Gasteiger partial charge in [0.25, 0.3) is 0 Å². The van der Waals surface area contributed by atoms with Crippen molar-refractivity contribution in [2.45, 2.75) is 26.5 Å². The molecule has 0 aliphatic rings. The van der Waals surface area contributed by atoms with Gasteiger partial charge in [0.2, 0.25) is 0 Å². The molecule has 0 spiro atoms. The zero-order chi connectivity index (χ0) is 21.1. The van der Waals surface area contributed by atoms with Crippen molar-refractivity contribution in [3.05, 3.63) is 53.6 Å². The predicted octanol–water partition coefficient (Wildman–Crippen LogP) is 3.60. The monoisotopic (exact) mass is 407 g/mol. The molecule has 2 aromatic rings. The number of nitrogens with one attached hydrogen (secondary N) is 2. The molecule has 8 heteroatoms. The molecule has 0 unspecified atom stereocenters. The van der Waals surface area contributed by atoms with Crippen molar-refractivity contribution >= 4 is 5.96 Å². The predicted molar refractivity (Wildman–Crippen MR) is 109 cm³/mol. The van der Waals surface area contributed by atoms with E-state index in [1.807, 2.05) is 31.2 Å². The van der Waals surface area contributed by atoms with Crippen LogP contribution in [-0.2, 0) is 13.0 Å². The molecule has 0 saturated carbocycles. The Morgan fingerprint density at radius 2 is 1.69 bits per heavy atom. The number of guanidine groups is 1. The second-order valence-electron chi connectivity index (χ2n) is 6.08. The van der Waals surface area contributed by atoms with E-state index >= 15 is 0 Å². The van der Waals surface area contributed by atoms with E-state index in [0.717, 1.165) is 17.7 Å². The molecule has 2 rings (SSSR count). The van der Waals surface area contributed by atoms with E-state index in [4.69, 9.17) is 9.47 Å². The highest BCUT2D eigenvalue weighted by molar-refractivity contribution is 5.79. The Bertz CT molecular complexity index is 783. The van der Waals surface area contributed by atoms with Gasteiger partial charge in [-0.15, -0.1) is 0 Å². The molecule has 6 nitrogen and oxygen atoms in total. The maximum absolute atomic E-state index is 12.6. The number of nitrogens with zero attached hydrogens (tertiary/aromatic N) is 1. The van der Waals surface area contributed by atoms with Gasteiger partial charge in [-0.3, -0.25) is 0 Å². The summed E-state index contributed by atoms with van der Waals surface area (Å²) in [5, 5.41) is 6.44. The Morgan fingerprint density at radius 3 is 2.31 bits per heavy atom. The van der Waals surface area contributed by atoms with E-state index in [0.29, 0.717) is 25.6 Å². The van der Waals surface area contributed by atoms with Crippen LogP contribution in [0, 0.1) is 0 Å². The van der Waals surface area contributed by atoms with Crippen molar-refractivity contribution in [1.82, 2.24) is 10.6 Å².